The molecule has 1 unspecified atom stereocenters. The lowest BCUT2D eigenvalue weighted by Gasteiger charge is -2.60. The standard InChI is InChI=1S/C22H21ClFN3O6S/c23-16-6-15(2-3-17(16)24)34(31,32)27-11-14(10-25-20(28)22-7-12(8-22)9-22)33-19-4-1-13(5-18(19)27)26-21(29)30/h1-6,12,14,26H,7-11H2,(H,25,28)(H,29,30). The van der Waals surface area contributed by atoms with Crippen LogP contribution < -0.4 is 19.7 Å². The number of fused-ring (bicyclic) bond motifs is 1. The Balaban J connectivity index is 1.45. The molecule has 2 amide bonds. The third kappa shape index (κ3) is 3.82. The molecule has 6 rings (SSSR count). The van der Waals surface area contributed by atoms with E-state index < -0.39 is 28.0 Å². The van der Waals surface area contributed by atoms with E-state index in [1.54, 1.807) is 0 Å². The molecule has 0 radical (unpaired) electrons. The topological polar surface area (TPSA) is 125 Å². The molecule has 3 fully saturated rings. The summed E-state index contributed by atoms with van der Waals surface area (Å²) in [6, 6.07) is 7.30. The molecule has 4 aliphatic rings. The molecule has 3 saturated carbocycles. The number of rotatable bonds is 6. The maximum absolute atomic E-state index is 13.6. The summed E-state index contributed by atoms with van der Waals surface area (Å²) in [7, 11) is -4.23. The number of halogens is 2. The molecule has 0 saturated heterocycles. The van der Waals surface area contributed by atoms with Crippen molar-refractivity contribution in [2.24, 2.45) is 11.3 Å². The summed E-state index contributed by atoms with van der Waals surface area (Å²) in [5, 5.41) is 13.7. The lowest BCUT2D eigenvalue weighted by atomic mass is 9.44. The predicted octanol–water partition coefficient (Wildman–Crippen LogP) is 3.44. The van der Waals surface area contributed by atoms with Crippen molar-refractivity contribution in [2.75, 3.05) is 22.7 Å². The largest absolute Gasteiger partial charge is 0.484 e. The number of carbonyl (C=O) groups is 2. The van der Waals surface area contributed by atoms with Gasteiger partial charge in [0, 0.05) is 11.1 Å². The number of ether oxygens (including phenoxy) is 1. The highest BCUT2D eigenvalue weighted by molar-refractivity contribution is 7.92. The van der Waals surface area contributed by atoms with Crippen molar-refractivity contribution in [2.45, 2.75) is 30.3 Å². The molecule has 1 aliphatic heterocycles. The van der Waals surface area contributed by atoms with Crippen molar-refractivity contribution in [3.8, 4) is 5.75 Å². The van der Waals surface area contributed by atoms with Gasteiger partial charge in [-0.1, -0.05) is 11.6 Å². The summed E-state index contributed by atoms with van der Waals surface area (Å²) in [5.74, 6) is 0.0272. The Morgan fingerprint density at radius 2 is 1.94 bits per heavy atom. The third-order valence-electron chi connectivity index (χ3n) is 6.63. The molecule has 2 aromatic rings. The zero-order valence-corrected chi connectivity index (χ0v) is 19.3. The van der Waals surface area contributed by atoms with Crippen molar-refractivity contribution >= 4 is 45.0 Å². The number of carbonyl (C=O) groups excluding carboxylic acids is 1. The number of carboxylic acid groups (broad SMARTS) is 1. The first-order chi connectivity index (χ1) is 16.1. The summed E-state index contributed by atoms with van der Waals surface area (Å²) in [5.41, 5.74) is -0.0399. The van der Waals surface area contributed by atoms with E-state index in [-0.39, 0.29) is 51.5 Å². The number of nitrogens with zero attached hydrogens (tertiary/aromatic N) is 1. The lowest BCUT2D eigenvalue weighted by Crippen LogP contribution is -2.61. The summed E-state index contributed by atoms with van der Waals surface area (Å²) >= 11 is 5.82. The lowest BCUT2D eigenvalue weighted by molar-refractivity contribution is -0.165. The van der Waals surface area contributed by atoms with E-state index in [0.29, 0.717) is 5.92 Å². The van der Waals surface area contributed by atoms with Crippen molar-refractivity contribution in [1.29, 1.82) is 0 Å². The molecule has 2 bridgehead atoms. The molecular formula is C22H21ClFN3O6S. The highest BCUT2D eigenvalue weighted by Gasteiger charge is 2.61. The van der Waals surface area contributed by atoms with Gasteiger partial charge in [0.2, 0.25) is 5.91 Å². The van der Waals surface area contributed by atoms with Gasteiger partial charge in [0.25, 0.3) is 10.0 Å². The first kappa shape index (κ1) is 22.7. The van der Waals surface area contributed by atoms with E-state index >= 15 is 0 Å². The van der Waals surface area contributed by atoms with E-state index in [9.17, 15) is 22.4 Å². The minimum atomic E-state index is -4.23. The normalized spacial score (nSPS) is 24.7. The van der Waals surface area contributed by atoms with Crippen LogP contribution in [0.4, 0.5) is 20.6 Å². The number of anilines is 2. The van der Waals surface area contributed by atoms with Crippen LogP contribution in [0.3, 0.4) is 0 Å². The molecule has 2 aromatic carbocycles. The molecule has 12 heteroatoms. The third-order valence-corrected chi connectivity index (χ3v) is 8.70. The van der Waals surface area contributed by atoms with Crippen molar-refractivity contribution in [3.63, 3.8) is 0 Å². The Morgan fingerprint density at radius 1 is 1.21 bits per heavy atom. The van der Waals surface area contributed by atoms with Gasteiger partial charge in [-0.25, -0.2) is 17.6 Å². The van der Waals surface area contributed by atoms with Crippen LogP contribution in [0.15, 0.2) is 41.3 Å². The molecule has 3 aliphatic carbocycles. The molecule has 9 nitrogen and oxygen atoms in total. The van der Waals surface area contributed by atoms with Crippen LogP contribution in [-0.2, 0) is 14.8 Å². The average Bonchev–Trinajstić information content (AvgIpc) is 2.71. The first-order valence-corrected chi connectivity index (χ1v) is 12.5. The molecule has 1 heterocycles. The SMILES string of the molecule is O=C(O)Nc1ccc2c(c1)N(S(=O)(=O)c1ccc(F)c(Cl)c1)CC(CNC(=O)C13CC(C1)C3)O2. The van der Waals surface area contributed by atoms with E-state index in [1.807, 2.05) is 0 Å². The van der Waals surface area contributed by atoms with E-state index in [4.69, 9.17) is 21.4 Å². The summed E-state index contributed by atoms with van der Waals surface area (Å²) in [6.07, 6.45) is 0.646. The minimum absolute atomic E-state index is 0.0508. The Bertz CT molecular complexity index is 1290. The van der Waals surface area contributed by atoms with Crippen molar-refractivity contribution in [3.05, 3.63) is 47.2 Å². The second-order valence-corrected chi connectivity index (χ2v) is 11.2. The van der Waals surface area contributed by atoms with E-state index in [1.165, 1.54) is 18.2 Å². The minimum Gasteiger partial charge on any atom is -0.484 e. The van der Waals surface area contributed by atoms with Gasteiger partial charge < -0.3 is 15.2 Å². The van der Waals surface area contributed by atoms with Crippen LogP contribution in [0.25, 0.3) is 0 Å². The number of benzene rings is 2. The van der Waals surface area contributed by atoms with Crippen molar-refractivity contribution < 1.29 is 32.2 Å². The maximum Gasteiger partial charge on any atom is 0.409 e. The Labute approximate surface area is 199 Å². The highest BCUT2D eigenvalue weighted by Crippen LogP contribution is 2.64. The Morgan fingerprint density at radius 3 is 2.56 bits per heavy atom. The first-order valence-electron chi connectivity index (χ1n) is 10.6. The maximum atomic E-state index is 13.6. The number of amides is 2. The van der Waals surface area contributed by atoms with E-state index in [2.05, 4.69) is 10.6 Å². The zero-order chi connectivity index (χ0) is 24.3. The van der Waals surface area contributed by atoms with Gasteiger partial charge in [-0.2, -0.15) is 0 Å². The van der Waals surface area contributed by atoms with Gasteiger partial charge >= 0.3 is 6.09 Å². The van der Waals surface area contributed by atoms with Gasteiger partial charge in [0.05, 0.1) is 28.7 Å². The molecule has 0 spiro atoms. The molecular weight excluding hydrogens is 489 g/mol. The van der Waals surface area contributed by atoms with Crippen LogP contribution in [0, 0.1) is 17.2 Å². The number of hydrogen-bond acceptors (Lipinski definition) is 5. The molecule has 3 N–H and O–H groups in total. The fraction of sp³-hybridized carbons (Fsp3) is 0.364. The number of hydrogen-bond donors (Lipinski definition) is 3. The van der Waals surface area contributed by atoms with Gasteiger partial charge in [-0.3, -0.25) is 14.4 Å². The Hall–Kier alpha value is -3.05. The van der Waals surface area contributed by atoms with Gasteiger partial charge in [-0.15, -0.1) is 0 Å². The zero-order valence-electron chi connectivity index (χ0n) is 17.8. The fourth-order valence-corrected chi connectivity index (χ4v) is 6.53. The fourth-order valence-electron chi connectivity index (χ4n) is 4.76. The number of sulfonamides is 1. The Kier molecular flexibility index (Phi) is 5.36. The van der Waals surface area contributed by atoms with Crippen LogP contribution in [0.1, 0.15) is 19.3 Å². The quantitative estimate of drug-likeness (QED) is 0.548. The molecule has 34 heavy (non-hydrogen) atoms. The van der Waals surface area contributed by atoms with Gasteiger partial charge in [-0.05, 0) is 61.6 Å². The van der Waals surface area contributed by atoms with Crippen LogP contribution in [0.2, 0.25) is 5.02 Å². The van der Waals surface area contributed by atoms with Gasteiger partial charge in [0.15, 0.2) is 0 Å². The summed E-state index contributed by atoms with van der Waals surface area (Å²) in [6.45, 7) is -0.0627. The monoisotopic (exact) mass is 509 g/mol. The molecule has 180 valence electrons. The van der Waals surface area contributed by atoms with Crippen LogP contribution >= 0.6 is 11.6 Å². The van der Waals surface area contributed by atoms with Crippen LogP contribution in [-0.4, -0.2) is 44.7 Å². The van der Waals surface area contributed by atoms with Gasteiger partial charge in [0.1, 0.15) is 17.7 Å². The van der Waals surface area contributed by atoms with Crippen LogP contribution in [0.5, 0.6) is 5.75 Å². The van der Waals surface area contributed by atoms with Crippen molar-refractivity contribution in [1.82, 2.24) is 5.32 Å². The second kappa shape index (κ2) is 8.02. The van der Waals surface area contributed by atoms with E-state index in [0.717, 1.165) is 41.8 Å². The highest BCUT2D eigenvalue weighted by atomic mass is 35.5. The smallest absolute Gasteiger partial charge is 0.409 e. The average molecular weight is 510 g/mol. The summed E-state index contributed by atoms with van der Waals surface area (Å²) in [4.78, 5) is 23.4. The second-order valence-electron chi connectivity index (χ2n) is 8.93. The summed E-state index contributed by atoms with van der Waals surface area (Å²) < 4.78 is 47.7. The predicted molar refractivity (Wildman–Crippen MR) is 121 cm³/mol. The number of nitrogens with one attached hydrogen (secondary N) is 2. The molecule has 0 aromatic heterocycles. The molecule has 1 atom stereocenters.